The lowest BCUT2D eigenvalue weighted by molar-refractivity contribution is 0.131. The minimum Gasteiger partial charge on any atom is -0.488 e. The van der Waals surface area contributed by atoms with Gasteiger partial charge in [-0.05, 0) is 57.2 Å². The van der Waals surface area contributed by atoms with Crippen molar-refractivity contribution in [2.24, 2.45) is 0 Å². The maximum absolute atomic E-state index is 5.85. The Hall–Kier alpha value is -2.22. The van der Waals surface area contributed by atoms with E-state index >= 15 is 0 Å². The molecule has 0 atom stereocenters. The number of furan rings is 1. The normalized spacial score (nSPS) is 11.8. The molecule has 0 aliphatic carbocycles. The lowest BCUT2D eigenvalue weighted by atomic mass is 10.1. The van der Waals surface area contributed by atoms with E-state index in [9.17, 15) is 0 Å². The number of hydrogen-bond donors (Lipinski definition) is 0. The van der Waals surface area contributed by atoms with Crippen molar-refractivity contribution in [2.45, 2.75) is 26.4 Å². The van der Waals surface area contributed by atoms with Crippen molar-refractivity contribution in [3.05, 3.63) is 54.6 Å². The Morgan fingerprint density at radius 2 is 1.60 bits per heavy atom. The molecular formula is C18H18O2. The van der Waals surface area contributed by atoms with Gasteiger partial charge in [0.25, 0.3) is 0 Å². The molecule has 0 spiro atoms. The van der Waals surface area contributed by atoms with Gasteiger partial charge in [0.15, 0.2) is 0 Å². The highest BCUT2D eigenvalue weighted by Crippen LogP contribution is 2.29. The van der Waals surface area contributed by atoms with Gasteiger partial charge < -0.3 is 9.15 Å². The van der Waals surface area contributed by atoms with Gasteiger partial charge in [-0.2, -0.15) is 0 Å². The summed E-state index contributed by atoms with van der Waals surface area (Å²) in [5.41, 5.74) is 1.79. The third-order valence-electron chi connectivity index (χ3n) is 2.99. The van der Waals surface area contributed by atoms with Crippen molar-refractivity contribution in [1.82, 2.24) is 0 Å². The van der Waals surface area contributed by atoms with Crippen LogP contribution in [0, 0.1) is 0 Å². The van der Waals surface area contributed by atoms with E-state index in [0.717, 1.165) is 28.0 Å². The molecule has 1 aromatic heterocycles. The smallest absolute Gasteiger partial charge is 0.135 e. The van der Waals surface area contributed by atoms with Crippen molar-refractivity contribution >= 4 is 11.0 Å². The summed E-state index contributed by atoms with van der Waals surface area (Å²) in [7, 11) is 0. The minimum atomic E-state index is -0.180. The largest absolute Gasteiger partial charge is 0.488 e. The zero-order chi connectivity index (χ0) is 14.2. The van der Waals surface area contributed by atoms with Crippen molar-refractivity contribution < 1.29 is 9.15 Å². The zero-order valence-electron chi connectivity index (χ0n) is 12.0. The first-order valence-electron chi connectivity index (χ1n) is 6.79. The van der Waals surface area contributed by atoms with Gasteiger partial charge in [0.1, 0.15) is 22.7 Å². The van der Waals surface area contributed by atoms with Gasteiger partial charge in [0.05, 0.1) is 0 Å². The first kappa shape index (κ1) is 12.8. The molecule has 102 valence electrons. The van der Waals surface area contributed by atoms with Crippen LogP contribution in [0.25, 0.3) is 22.3 Å². The van der Waals surface area contributed by atoms with Crippen molar-refractivity contribution in [3.8, 4) is 17.1 Å². The Morgan fingerprint density at radius 1 is 0.900 bits per heavy atom. The predicted molar refractivity (Wildman–Crippen MR) is 82.0 cm³/mol. The van der Waals surface area contributed by atoms with Crippen molar-refractivity contribution in [3.63, 3.8) is 0 Å². The SMILES string of the molecule is CC(C)(C)Oc1ccc(-c2cc3ccccc3o2)cc1. The second-order valence-corrected chi connectivity index (χ2v) is 5.89. The summed E-state index contributed by atoms with van der Waals surface area (Å²) in [6.45, 7) is 6.13. The van der Waals surface area contributed by atoms with Crippen LogP contribution in [0.2, 0.25) is 0 Å². The fourth-order valence-electron chi connectivity index (χ4n) is 2.16. The van der Waals surface area contributed by atoms with E-state index in [4.69, 9.17) is 9.15 Å². The quantitative estimate of drug-likeness (QED) is 0.630. The number of benzene rings is 2. The number of hydrogen-bond acceptors (Lipinski definition) is 2. The first-order chi connectivity index (χ1) is 9.51. The first-order valence-corrected chi connectivity index (χ1v) is 6.79. The number of ether oxygens (including phenoxy) is 1. The van der Waals surface area contributed by atoms with E-state index < -0.39 is 0 Å². The summed E-state index contributed by atoms with van der Waals surface area (Å²) in [5, 5.41) is 1.12. The standard InChI is InChI=1S/C18H18O2/c1-18(2,3)20-15-10-8-13(9-11-15)17-12-14-6-4-5-7-16(14)19-17/h4-12H,1-3H3. The predicted octanol–water partition coefficient (Wildman–Crippen LogP) is 5.28. The van der Waals surface area contributed by atoms with Crippen molar-refractivity contribution in [2.75, 3.05) is 0 Å². The van der Waals surface area contributed by atoms with Crippen LogP contribution in [0.3, 0.4) is 0 Å². The van der Waals surface area contributed by atoms with Gasteiger partial charge in [-0.3, -0.25) is 0 Å². The lowest BCUT2D eigenvalue weighted by Gasteiger charge is -2.21. The zero-order valence-corrected chi connectivity index (χ0v) is 12.0. The molecule has 0 saturated carbocycles. The van der Waals surface area contributed by atoms with Gasteiger partial charge >= 0.3 is 0 Å². The third kappa shape index (κ3) is 2.69. The van der Waals surface area contributed by atoms with Gasteiger partial charge in [-0.1, -0.05) is 18.2 Å². The van der Waals surface area contributed by atoms with Crippen LogP contribution in [0.4, 0.5) is 0 Å². The molecule has 2 heteroatoms. The Kier molecular flexibility index (Phi) is 3.01. The van der Waals surface area contributed by atoms with Crippen molar-refractivity contribution in [1.29, 1.82) is 0 Å². The molecule has 2 aromatic carbocycles. The lowest BCUT2D eigenvalue weighted by Crippen LogP contribution is -2.22. The summed E-state index contributed by atoms with van der Waals surface area (Å²) in [6, 6.07) is 18.1. The Balaban J connectivity index is 1.90. The Morgan fingerprint density at radius 3 is 2.25 bits per heavy atom. The highest BCUT2D eigenvalue weighted by Gasteiger charge is 2.12. The molecule has 0 bridgehead atoms. The second-order valence-electron chi connectivity index (χ2n) is 5.89. The van der Waals surface area contributed by atoms with Crippen LogP contribution in [-0.2, 0) is 0 Å². The van der Waals surface area contributed by atoms with Crippen LogP contribution < -0.4 is 4.74 Å². The van der Waals surface area contributed by atoms with Gasteiger partial charge in [-0.15, -0.1) is 0 Å². The average molecular weight is 266 g/mol. The highest BCUT2D eigenvalue weighted by atomic mass is 16.5. The fraction of sp³-hybridized carbons (Fsp3) is 0.222. The van der Waals surface area contributed by atoms with Crippen LogP contribution in [0.15, 0.2) is 59.0 Å². The molecule has 0 saturated heterocycles. The maximum Gasteiger partial charge on any atom is 0.135 e. The maximum atomic E-state index is 5.85. The van der Waals surface area contributed by atoms with E-state index in [1.165, 1.54) is 0 Å². The van der Waals surface area contributed by atoms with Crippen LogP contribution in [0.5, 0.6) is 5.75 Å². The summed E-state index contributed by atoms with van der Waals surface area (Å²) < 4.78 is 11.7. The fourth-order valence-corrected chi connectivity index (χ4v) is 2.16. The van der Waals surface area contributed by atoms with E-state index in [2.05, 4.69) is 12.1 Å². The Bertz CT molecular complexity index is 682. The topological polar surface area (TPSA) is 22.4 Å². The molecule has 0 aliphatic rings. The summed E-state index contributed by atoms with van der Waals surface area (Å²) in [4.78, 5) is 0. The van der Waals surface area contributed by atoms with Crippen LogP contribution in [0.1, 0.15) is 20.8 Å². The second kappa shape index (κ2) is 4.71. The minimum absolute atomic E-state index is 0.180. The number of rotatable bonds is 2. The summed E-state index contributed by atoms with van der Waals surface area (Å²) in [6.07, 6.45) is 0. The van der Waals surface area contributed by atoms with Crippen LogP contribution in [-0.4, -0.2) is 5.60 Å². The van der Waals surface area contributed by atoms with E-state index in [-0.39, 0.29) is 5.60 Å². The van der Waals surface area contributed by atoms with Gasteiger partial charge in [0.2, 0.25) is 0 Å². The molecule has 0 fully saturated rings. The molecule has 0 amide bonds. The molecular weight excluding hydrogens is 248 g/mol. The number of para-hydroxylation sites is 1. The van der Waals surface area contributed by atoms with E-state index in [1.807, 2.05) is 63.2 Å². The molecule has 3 rings (SSSR count). The monoisotopic (exact) mass is 266 g/mol. The van der Waals surface area contributed by atoms with E-state index in [0.29, 0.717) is 0 Å². The average Bonchev–Trinajstić information content (AvgIpc) is 2.81. The highest BCUT2D eigenvalue weighted by molar-refractivity contribution is 5.82. The molecule has 2 nitrogen and oxygen atoms in total. The van der Waals surface area contributed by atoms with Gasteiger partial charge in [-0.25, -0.2) is 0 Å². The van der Waals surface area contributed by atoms with E-state index in [1.54, 1.807) is 0 Å². The molecule has 1 heterocycles. The molecule has 0 N–H and O–H groups in total. The Labute approximate surface area is 119 Å². The molecule has 0 aliphatic heterocycles. The summed E-state index contributed by atoms with van der Waals surface area (Å²) >= 11 is 0. The third-order valence-corrected chi connectivity index (χ3v) is 2.99. The molecule has 0 unspecified atom stereocenters. The number of fused-ring (bicyclic) bond motifs is 1. The van der Waals surface area contributed by atoms with Gasteiger partial charge in [0, 0.05) is 10.9 Å². The molecule has 3 aromatic rings. The molecule has 20 heavy (non-hydrogen) atoms. The van der Waals surface area contributed by atoms with Crippen LogP contribution >= 0.6 is 0 Å². The molecule has 0 radical (unpaired) electrons. The summed E-state index contributed by atoms with van der Waals surface area (Å²) in [5.74, 6) is 1.76.